The number of rotatable bonds is 10. The Balaban J connectivity index is 2.32. The maximum Gasteiger partial charge on any atom is 0.411 e. The molecule has 0 aliphatic carbocycles. The lowest BCUT2D eigenvalue weighted by Crippen LogP contribution is -2.29. The SMILES string of the molecule is CCCCCNC(=O)COC(=O)c1ccc(COCC(F)(F)F)cc1. The summed E-state index contributed by atoms with van der Waals surface area (Å²) in [5, 5.41) is 2.64. The molecule has 8 heteroatoms. The molecule has 1 aromatic rings. The molecule has 0 aliphatic heterocycles. The zero-order chi connectivity index (χ0) is 18.7. The average Bonchev–Trinajstić information content (AvgIpc) is 2.56. The Kier molecular flexibility index (Phi) is 8.98. The highest BCUT2D eigenvalue weighted by Gasteiger charge is 2.27. The van der Waals surface area contributed by atoms with Crippen LogP contribution in [0.1, 0.15) is 42.1 Å². The van der Waals surface area contributed by atoms with E-state index in [0.29, 0.717) is 12.1 Å². The molecule has 0 unspecified atom stereocenters. The van der Waals surface area contributed by atoms with Gasteiger partial charge in [-0.05, 0) is 24.1 Å². The molecular weight excluding hydrogens is 339 g/mol. The molecule has 0 saturated carbocycles. The lowest BCUT2D eigenvalue weighted by atomic mass is 10.1. The number of hydrogen-bond acceptors (Lipinski definition) is 4. The van der Waals surface area contributed by atoms with Crippen molar-refractivity contribution >= 4 is 11.9 Å². The van der Waals surface area contributed by atoms with Crippen LogP contribution in [0.3, 0.4) is 0 Å². The van der Waals surface area contributed by atoms with Gasteiger partial charge in [0.2, 0.25) is 0 Å². The highest BCUT2D eigenvalue weighted by atomic mass is 19.4. The highest BCUT2D eigenvalue weighted by Crippen LogP contribution is 2.16. The van der Waals surface area contributed by atoms with Crippen molar-refractivity contribution in [1.29, 1.82) is 0 Å². The predicted molar refractivity (Wildman–Crippen MR) is 85.0 cm³/mol. The molecule has 1 N–H and O–H groups in total. The van der Waals surface area contributed by atoms with E-state index in [-0.39, 0.29) is 24.7 Å². The minimum atomic E-state index is -4.37. The predicted octanol–water partition coefficient (Wildman–Crippen LogP) is 3.23. The number of halogens is 3. The van der Waals surface area contributed by atoms with Gasteiger partial charge in [-0.2, -0.15) is 13.2 Å². The van der Waals surface area contributed by atoms with Crippen molar-refractivity contribution in [1.82, 2.24) is 5.32 Å². The molecule has 0 aromatic heterocycles. The van der Waals surface area contributed by atoms with Gasteiger partial charge in [-0.15, -0.1) is 0 Å². The van der Waals surface area contributed by atoms with Gasteiger partial charge in [-0.3, -0.25) is 4.79 Å². The van der Waals surface area contributed by atoms with Crippen LogP contribution < -0.4 is 5.32 Å². The first-order chi connectivity index (χ1) is 11.8. The van der Waals surface area contributed by atoms with Crippen molar-refractivity contribution in [3.63, 3.8) is 0 Å². The molecule has 1 amide bonds. The molecule has 1 rings (SSSR count). The summed E-state index contributed by atoms with van der Waals surface area (Å²) in [4.78, 5) is 23.3. The van der Waals surface area contributed by atoms with Crippen molar-refractivity contribution in [3.8, 4) is 0 Å². The number of ether oxygens (including phenoxy) is 2. The van der Waals surface area contributed by atoms with Gasteiger partial charge in [0.15, 0.2) is 6.61 Å². The first kappa shape index (κ1) is 21.0. The van der Waals surface area contributed by atoms with Gasteiger partial charge >= 0.3 is 12.1 Å². The van der Waals surface area contributed by atoms with Crippen LogP contribution in [0.2, 0.25) is 0 Å². The monoisotopic (exact) mass is 361 g/mol. The summed E-state index contributed by atoms with van der Waals surface area (Å²) in [6.45, 7) is 0.675. The van der Waals surface area contributed by atoms with Crippen LogP contribution >= 0.6 is 0 Å². The maximum atomic E-state index is 12.0. The summed E-state index contributed by atoms with van der Waals surface area (Å²) in [5.74, 6) is -1.05. The quantitative estimate of drug-likeness (QED) is 0.513. The zero-order valence-electron chi connectivity index (χ0n) is 14.0. The second kappa shape index (κ2) is 10.7. The molecule has 140 valence electrons. The molecule has 0 saturated heterocycles. The second-order valence-corrected chi connectivity index (χ2v) is 5.44. The maximum absolute atomic E-state index is 12.0. The fourth-order valence-corrected chi connectivity index (χ4v) is 1.89. The Hall–Kier alpha value is -2.09. The van der Waals surface area contributed by atoms with E-state index in [2.05, 4.69) is 17.0 Å². The van der Waals surface area contributed by atoms with E-state index in [1.54, 1.807) is 0 Å². The Morgan fingerprint density at radius 1 is 1.12 bits per heavy atom. The zero-order valence-corrected chi connectivity index (χ0v) is 14.0. The average molecular weight is 361 g/mol. The first-order valence-electron chi connectivity index (χ1n) is 7.99. The third-order valence-corrected chi connectivity index (χ3v) is 3.16. The number of carbonyl (C=O) groups excluding carboxylic acids is 2. The third kappa shape index (κ3) is 9.71. The summed E-state index contributed by atoms with van der Waals surface area (Å²) in [5.41, 5.74) is 0.702. The van der Waals surface area contributed by atoms with Crippen LogP contribution in [0, 0.1) is 0 Å². The van der Waals surface area contributed by atoms with Crippen LogP contribution in [-0.2, 0) is 20.9 Å². The van der Waals surface area contributed by atoms with Gasteiger partial charge in [0.1, 0.15) is 6.61 Å². The Labute approximate surface area is 144 Å². The molecule has 0 bridgehead atoms. The second-order valence-electron chi connectivity index (χ2n) is 5.44. The lowest BCUT2D eigenvalue weighted by Gasteiger charge is -2.08. The van der Waals surface area contributed by atoms with E-state index in [4.69, 9.17) is 4.74 Å². The van der Waals surface area contributed by atoms with E-state index >= 15 is 0 Å². The van der Waals surface area contributed by atoms with Gasteiger partial charge in [-0.1, -0.05) is 31.9 Å². The highest BCUT2D eigenvalue weighted by molar-refractivity contribution is 5.91. The van der Waals surface area contributed by atoms with Crippen LogP contribution in [0.25, 0.3) is 0 Å². The van der Waals surface area contributed by atoms with Gasteiger partial charge in [0, 0.05) is 6.54 Å². The minimum absolute atomic E-state index is 0.207. The minimum Gasteiger partial charge on any atom is -0.452 e. The number of benzene rings is 1. The number of alkyl halides is 3. The van der Waals surface area contributed by atoms with Crippen LogP contribution in [0.15, 0.2) is 24.3 Å². The van der Waals surface area contributed by atoms with Crippen molar-refractivity contribution in [3.05, 3.63) is 35.4 Å². The Morgan fingerprint density at radius 3 is 2.40 bits per heavy atom. The summed E-state index contributed by atoms with van der Waals surface area (Å²) in [6.07, 6.45) is -1.45. The number of unbranched alkanes of at least 4 members (excludes halogenated alkanes) is 2. The van der Waals surface area contributed by atoms with Crippen molar-refractivity contribution in [2.24, 2.45) is 0 Å². The van der Waals surface area contributed by atoms with E-state index in [1.165, 1.54) is 24.3 Å². The lowest BCUT2D eigenvalue weighted by molar-refractivity contribution is -0.176. The molecule has 0 heterocycles. The van der Waals surface area contributed by atoms with Crippen molar-refractivity contribution in [2.45, 2.75) is 39.0 Å². The number of hydrogen-bond donors (Lipinski definition) is 1. The Bertz CT molecular complexity index is 544. The topological polar surface area (TPSA) is 64.6 Å². The van der Waals surface area contributed by atoms with Crippen LogP contribution in [-0.4, -0.2) is 37.8 Å². The molecule has 0 spiro atoms. The fourth-order valence-electron chi connectivity index (χ4n) is 1.89. The molecule has 0 radical (unpaired) electrons. The molecule has 0 fully saturated rings. The van der Waals surface area contributed by atoms with Crippen LogP contribution in [0.5, 0.6) is 0 Å². The molecule has 25 heavy (non-hydrogen) atoms. The largest absolute Gasteiger partial charge is 0.452 e. The van der Waals surface area contributed by atoms with Crippen LogP contribution in [0.4, 0.5) is 13.2 Å². The molecule has 1 aromatic carbocycles. The molecule has 0 aliphatic rings. The fraction of sp³-hybridized carbons (Fsp3) is 0.529. The number of esters is 1. The normalized spacial score (nSPS) is 11.2. The molecular formula is C17H22F3NO4. The van der Waals surface area contributed by atoms with Gasteiger partial charge in [0.05, 0.1) is 12.2 Å². The summed E-state index contributed by atoms with van der Waals surface area (Å²) in [6, 6.07) is 5.76. The molecule has 5 nitrogen and oxygen atoms in total. The number of nitrogens with one attached hydrogen (secondary N) is 1. The van der Waals surface area contributed by atoms with E-state index < -0.39 is 18.8 Å². The van der Waals surface area contributed by atoms with Crippen molar-refractivity contribution < 1.29 is 32.2 Å². The first-order valence-corrected chi connectivity index (χ1v) is 7.99. The van der Waals surface area contributed by atoms with Gasteiger partial charge in [0.25, 0.3) is 5.91 Å². The van der Waals surface area contributed by atoms with Crippen molar-refractivity contribution in [2.75, 3.05) is 19.8 Å². The standard InChI is InChI=1S/C17H22F3NO4/c1-2-3-4-9-21-15(22)11-25-16(23)14-7-5-13(6-8-14)10-24-12-17(18,19)20/h5-8H,2-4,9-12H2,1H3,(H,21,22). The summed E-state index contributed by atoms with van der Waals surface area (Å²) < 4.78 is 45.3. The summed E-state index contributed by atoms with van der Waals surface area (Å²) in [7, 11) is 0. The smallest absolute Gasteiger partial charge is 0.411 e. The number of amides is 1. The van der Waals surface area contributed by atoms with Gasteiger partial charge in [-0.25, -0.2) is 4.79 Å². The third-order valence-electron chi connectivity index (χ3n) is 3.16. The van der Waals surface area contributed by atoms with E-state index in [9.17, 15) is 22.8 Å². The Morgan fingerprint density at radius 2 is 1.80 bits per heavy atom. The van der Waals surface area contributed by atoms with E-state index in [0.717, 1.165) is 19.3 Å². The molecule has 0 atom stereocenters. The van der Waals surface area contributed by atoms with Gasteiger partial charge < -0.3 is 14.8 Å². The summed E-state index contributed by atoms with van der Waals surface area (Å²) >= 11 is 0. The number of carbonyl (C=O) groups is 2. The van der Waals surface area contributed by atoms with E-state index in [1.807, 2.05) is 0 Å².